The molecule has 28 heavy (non-hydrogen) atoms. The van der Waals surface area contributed by atoms with Crippen LogP contribution in [0.1, 0.15) is 18.1 Å². The van der Waals surface area contributed by atoms with Crippen molar-refractivity contribution in [3.8, 4) is 5.75 Å². The van der Waals surface area contributed by atoms with Gasteiger partial charge in [-0.05, 0) is 42.3 Å². The highest BCUT2D eigenvalue weighted by atomic mass is 35.5. The number of halogens is 1. The summed E-state index contributed by atoms with van der Waals surface area (Å²) in [6.45, 7) is 3.95. The molecule has 150 valence electrons. The first-order valence-electron chi connectivity index (χ1n) is 9.16. The number of hydrogen-bond donors (Lipinski definition) is 2. The number of likely N-dealkylation sites (N-methyl/N-ethyl adjacent to an activating group) is 1. The van der Waals surface area contributed by atoms with Crippen molar-refractivity contribution < 1.29 is 9.53 Å². The number of guanidine groups is 1. The maximum absolute atomic E-state index is 11.7. The molecular formula is C21H27ClN4O2. The molecule has 0 aliphatic heterocycles. The minimum atomic E-state index is -0.0794. The average Bonchev–Trinajstić information content (AvgIpc) is 2.69. The van der Waals surface area contributed by atoms with Crippen LogP contribution in [0.15, 0.2) is 53.5 Å². The molecule has 0 aliphatic rings. The number of nitrogens with zero attached hydrogens (tertiary/aromatic N) is 2. The summed E-state index contributed by atoms with van der Waals surface area (Å²) in [5, 5.41) is 7.26. The molecule has 0 saturated carbocycles. The first-order chi connectivity index (χ1) is 13.5. The highest BCUT2D eigenvalue weighted by Gasteiger charge is 2.05. The summed E-state index contributed by atoms with van der Waals surface area (Å²) in [5.74, 6) is 1.30. The van der Waals surface area contributed by atoms with Gasteiger partial charge in [-0.2, -0.15) is 0 Å². The van der Waals surface area contributed by atoms with E-state index >= 15 is 0 Å². The summed E-state index contributed by atoms with van der Waals surface area (Å²) in [6.07, 6.45) is 0. The highest BCUT2D eigenvalue weighted by molar-refractivity contribution is 6.30. The molecule has 0 unspecified atom stereocenters. The van der Waals surface area contributed by atoms with Crippen molar-refractivity contribution in [3.05, 3.63) is 64.7 Å². The third-order valence-electron chi connectivity index (χ3n) is 3.90. The summed E-state index contributed by atoms with van der Waals surface area (Å²) in [4.78, 5) is 17.8. The fraction of sp³-hybridized carbons (Fsp3) is 0.333. The van der Waals surface area contributed by atoms with Gasteiger partial charge in [-0.15, -0.1) is 0 Å². The maximum Gasteiger partial charge on any atom is 0.259 e. The number of carbonyl (C=O) groups is 1. The monoisotopic (exact) mass is 402 g/mol. The minimum Gasteiger partial charge on any atom is -0.484 e. The van der Waals surface area contributed by atoms with E-state index in [1.54, 1.807) is 14.1 Å². The minimum absolute atomic E-state index is 0.0189. The third-order valence-corrected chi connectivity index (χ3v) is 4.15. The zero-order valence-corrected chi connectivity index (χ0v) is 17.3. The third kappa shape index (κ3) is 7.48. The number of benzene rings is 2. The van der Waals surface area contributed by atoms with Crippen LogP contribution in [0.3, 0.4) is 0 Å². The van der Waals surface area contributed by atoms with Crippen molar-refractivity contribution in [1.29, 1.82) is 0 Å². The van der Waals surface area contributed by atoms with Gasteiger partial charge in [-0.3, -0.25) is 4.79 Å². The smallest absolute Gasteiger partial charge is 0.259 e. The first-order valence-corrected chi connectivity index (χ1v) is 9.54. The number of aliphatic imine (C=N–C) groups is 1. The maximum atomic E-state index is 11.7. The number of carbonyl (C=O) groups excluding carboxylic acids is 1. The van der Waals surface area contributed by atoms with Gasteiger partial charge in [-0.25, -0.2) is 4.99 Å². The molecule has 0 atom stereocenters. The van der Waals surface area contributed by atoms with Crippen molar-refractivity contribution in [3.63, 3.8) is 0 Å². The van der Waals surface area contributed by atoms with E-state index in [4.69, 9.17) is 16.3 Å². The van der Waals surface area contributed by atoms with Crippen LogP contribution in [0, 0.1) is 0 Å². The number of amides is 1. The number of nitrogens with one attached hydrogen (secondary N) is 2. The van der Waals surface area contributed by atoms with Gasteiger partial charge in [0.15, 0.2) is 12.6 Å². The molecule has 0 saturated heterocycles. The van der Waals surface area contributed by atoms with E-state index in [9.17, 15) is 4.79 Å². The van der Waals surface area contributed by atoms with E-state index in [-0.39, 0.29) is 12.5 Å². The van der Waals surface area contributed by atoms with Crippen LogP contribution in [-0.2, 0) is 17.9 Å². The van der Waals surface area contributed by atoms with E-state index in [2.05, 4.69) is 15.6 Å². The molecule has 2 aromatic carbocycles. The fourth-order valence-corrected chi connectivity index (χ4v) is 2.43. The van der Waals surface area contributed by atoms with Gasteiger partial charge in [0, 0.05) is 32.2 Å². The molecule has 0 radical (unpaired) electrons. The average molecular weight is 403 g/mol. The molecule has 0 bridgehead atoms. The lowest BCUT2D eigenvalue weighted by Gasteiger charge is -2.13. The Morgan fingerprint density at radius 2 is 1.86 bits per heavy atom. The lowest BCUT2D eigenvalue weighted by Crippen LogP contribution is -2.36. The quantitative estimate of drug-likeness (QED) is 0.526. The van der Waals surface area contributed by atoms with Crippen LogP contribution in [-0.4, -0.2) is 44.0 Å². The van der Waals surface area contributed by atoms with E-state index in [1.807, 2.05) is 55.5 Å². The first kappa shape index (κ1) is 21.6. The molecule has 2 N–H and O–H groups in total. The van der Waals surface area contributed by atoms with Gasteiger partial charge in [0.1, 0.15) is 5.75 Å². The van der Waals surface area contributed by atoms with Gasteiger partial charge in [0.2, 0.25) is 0 Å². The molecule has 7 heteroatoms. The molecular weight excluding hydrogens is 376 g/mol. The second kappa shape index (κ2) is 11.2. The van der Waals surface area contributed by atoms with Crippen molar-refractivity contribution in [2.75, 3.05) is 27.2 Å². The van der Waals surface area contributed by atoms with E-state index in [0.29, 0.717) is 18.8 Å². The van der Waals surface area contributed by atoms with Gasteiger partial charge in [-0.1, -0.05) is 35.9 Å². The fourth-order valence-electron chi connectivity index (χ4n) is 2.31. The van der Waals surface area contributed by atoms with Crippen molar-refractivity contribution in [1.82, 2.24) is 15.5 Å². The van der Waals surface area contributed by atoms with Gasteiger partial charge >= 0.3 is 0 Å². The van der Waals surface area contributed by atoms with Crippen LogP contribution >= 0.6 is 11.6 Å². The van der Waals surface area contributed by atoms with Crippen LogP contribution in [0.2, 0.25) is 5.02 Å². The second-order valence-corrected chi connectivity index (χ2v) is 6.84. The van der Waals surface area contributed by atoms with Gasteiger partial charge in [0.25, 0.3) is 5.91 Å². The van der Waals surface area contributed by atoms with Crippen molar-refractivity contribution in [2.24, 2.45) is 4.99 Å². The summed E-state index contributed by atoms with van der Waals surface area (Å²) in [6, 6.07) is 15.3. The summed E-state index contributed by atoms with van der Waals surface area (Å²) in [5.41, 5.74) is 2.12. The Kier molecular flexibility index (Phi) is 8.62. The topological polar surface area (TPSA) is 66.0 Å². The summed E-state index contributed by atoms with van der Waals surface area (Å²) >= 11 is 5.92. The van der Waals surface area contributed by atoms with E-state index in [0.717, 1.165) is 28.7 Å². The largest absolute Gasteiger partial charge is 0.484 e. The van der Waals surface area contributed by atoms with Crippen LogP contribution < -0.4 is 15.4 Å². The molecule has 2 rings (SSSR count). The summed E-state index contributed by atoms with van der Waals surface area (Å²) in [7, 11) is 3.41. The molecule has 0 heterocycles. The normalized spacial score (nSPS) is 11.1. The Hall–Kier alpha value is -2.73. The lowest BCUT2D eigenvalue weighted by atomic mass is 10.2. The van der Waals surface area contributed by atoms with E-state index in [1.165, 1.54) is 4.90 Å². The molecule has 0 aromatic heterocycles. The molecule has 0 aliphatic carbocycles. The molecule has 6 nitrogen and oxygen atoms in total. The Morgan fingerprint density at radius 1 is 1.11 bits per heavy atom. The second-order valence-electron chi connectivity index (χ2n) is 6.40. The van der Waals surface area contributed by atoms with Crippen molar-refractivity contribution in [2.45, 2.75) is 20.0 Å². The van der Waals surface area contributed by atoms with Crippen molar-refractivity contribution >= 4 is 23.5 Å². The number of ether oxygens (including phenoxy) is 1. The zero-order chi connectivity index (χ0) is 20.4. The van der Waals surface area contributed by atoms with Crippen LogP contribution in [0.25, 0.3) is 0 Å². The summed E-state index contributed by atoms with van der Waals surface area (Å²) < 4.78 is 5.56. The number of hydrogen-bond acceptors (Lipinski definition) is 3. The van der Waals surface area contributed by atoms with Crippen LogP contribution in [0.4, 0.5) is 0 Å². The Bertz CT molecular complexity index is 791. The van der Waals surface area contributed by atoms with Crippen LogP contribution in [0.5, 0.6) is 5.75 Å². The predicted molar refractivity (Wildman–Crippen MR) is 114 cm³/mol. The predicted octanol–water partition coefficient (Wildman–Crippen LogP) is 3.06. The molecule has 1 amide bonds. The Labute approximate surface area is 171 Å². The standard InChI is InChI=1S/C21H27ClN4O2/c1-4-23-21(24-13-16-8-10-18(22)11-9-16)25-14-17-6-5-7-19(12-17)28-15-20(27)26(2)3/h5-12H,4,13-15H2,1-3H3,(H2,23,24,25). The Balaban J connectivity index is 1.94. The Morgan fingerprint density at radius 3 is 2.54 bits per heavy atom. The van der Waals surface area contributed by atoms with Gasteiger partial charge < -0.3 is 20.3 Å². The number of rotatable bonds is 8. The molecule has 0 spiro atoms. The highest BCUT2D eigenvalue weighted by Crippen LogP contribution is 2.14. The SMILES string of the molecule is CCNC(=NCc1cccc(OCC(=O)N(C)C)c1)NCc1ccc(Cl)cc1. The lowest BCUT2D eigenvalue weighted by molar-refractivity contribution is -0.130. The zero-order valence-electron chi connectivity index (χ0n) is 16.5. The van der Waals surface area contributed by atoms with E-state index < -0.39 is 0 Å². The molecule has 0 fully saturated rings. The van der Waals surface area contributed by atoms with Gasteiger partial charge in [0.05, 0.1) is 6.54 Å². The molecule has 2 aromatic rings.